The number of hydrogen-bond acceptors (Lipinski definition) is 3. The summed E-state index contributed by atoms with van der Waals surface area (Å²) in [4.78, 5) is 2.14. The quantitative estimate of drug-likeness (QED) is 0.755. The molecule has 0 amide bonds. The molecule has 4 nitrogen and oxygen atoms in total. The first kappa shape index (κ1) is 10.1. The second-order valence-corrected chi connectivity index (χ2v) is 3.74. The zero-order valence-electron chi connectivity index (χ0n) is 8.78. The molecule has 0 saturated carbocycles. The van der Waals surface area contributed by atoms with E-state index in [9.17, 15) is 0 Å². The van der Waals surface area contributed by atoms with Crippen molar-refractivity contribution in [1.82, 2.24) is 14.7 Å². The summed E-state index contributed by atoms with van der Waals surface area (Å²) >= 11 is 0. The van der Waals surface area contributed by atoms with E-state index in [0.717, 1.165) is 17.9 Å². The monoisotopic (exact) mass is 182 g/mol. The summed E-state index contributed by atoms with van der Waals surface area (Å²) in [6.07, 6.45) is 1.71. The van der Waals surface area contributed by atoms with E-state index in [1.54, 1.807) is 6.20 Å². The number of rotatable bonds is 3. The zero-order valence-corrected chi connectivity index (χ0v) is 8.78. The van der Waals surface area contributed by atoms with E-state index in [-0.39, 0.29) is 0 Å². The molecule has 13 heavy (non-hydrogen) atoms. The van der Waals surface area contributed by atoms with Crippen molar-refractivity contribution in [2.45, 2.75) is 19.9 Å². The fraction of sp³-hybridized carbons (Fsp3) is 0.667. The van der Waals surface area contributed by atoms with Crippen molar-refractivity contribution < 1.29 is 0 Å². The molecule has 1 aromatic rings. The van der Waals surface area contributed by atoms with Gasteiger partial charge in [-0.1, -0.05) is 0 Å². The largest absolute Gasteiger partial charge is 0.396 e. The Morgan fingerprint density at radius 3 is 2.62 bits per heavy atom. The van der Waals surface area contributed by atoms with E-state index < -0.39 is 0 Å². The number of anilines is 1. The van der Waals surface area contributed by atoms with E-state index in [1.165, 1.54) is 0 Å². The third kappa shape index (κ3) is 2.21. The number of likely N-dealkylation sites (N-methyl/N-ethyl adjacent to an activating group) is 1. The summed E-state index contributed by atoms with van der Waals surface area (Å²) in [6.45, 7) is 5.11. The lowest BCUT2D eigenvalue weighted by atomic mass is 10.3. The average Bonchev–Trinajstić information content (AvgIpc) is 2.31. The number of hydrogen-bond donors (Lipinski definition) is 1. The van der Waals surface area contributed by atoms with Crippen LogP contribution < -0.4 is 5.73 Å². The minimum atomic E-state index is 0.368. The van der Waals surface area contributed by atoms with E-state index in [4.69, 9.17) is 5.73 Å². The average molecular weight is 182 g/mol. The van der Waals surface area contributed by atoms with Crippen molar-refractivity contribution >= 4 is 5.69 Å². The molecule has 0 radical (unpaired) electrons. The molecule has 1 unspecified atom stereocenters. The van der Waals surface area contributed by atoms with Gasteiger partial charge >= 0.3 is 0 Å². The van der Waals surface area contributed by atoms with Gasteiger partial charge < -0.3 is 10.6 Å². The first-order valence-corrected chi connectivity index (χ1v) is 4.46. The fourth-order valence-electron chi connectivity index (χ4n) is 1.49. The molecule has 0 aliphatic carbocycles. The summed E-state index contributed by atoms with van der Waals surface area (Å²) in [5.41, 5.74) is 7.53. The highest BCUT2D eigenvalue weighted by Crippen LogP contribution is 2.14. The Morgan fingerprint density at radius 2 is 2.23 bits per heavy atom. The van der Waals surface area contributed by atoms with Crippen molar-refractivity contribution in [3.63, 3.8) is 0 Å². The van der Waals surface area contributed by atoms with Crippen LogP contribution in [0.25, 0.3) is 0 Å². The SMILES string of the molecule is Cc1c(N)cnn1C(C)CN(C)C. The molecule has 2 N–H and O–H groups in total. The topological polar surface area (TPSA) is 47.1 Å². The van der Waals surface area contributed by atoms with Gasteiger partial charge in [-0.2, -0.15) is 5.10 Å². The van der Waals surface area contributed by atoms with E-state index in [0.29, 0.717) is 6.04 Å². The molecule has 0 aromatic carbocycles. The highest BCUT2D eigenvalue weighted by atomic mass is 15.3. The molecule has 0 aliphatic rings. The van der Waals surface area contributed by atoms with Crippen molar-refractivity contribution in [1.29, 1.82) is 0 Å². The lowest BCUT2D eigenvalue weighted by Gasteiger charge is -2.18. The maximum atomic E-state index is 5.71. The summed E-state index contributed by atoms with van der Waals surface area (Å²) in [7, 11) is 4.11. The van der Waals surface area contributed by atoms with Gasteiger partial charge in [0.05, 0.1) is 23.6 Å². The van der Waals surface area contributed by atoms with Crippen LogP contribution in [0.3, 0.4) is 0 Å². The molecule has 0 aliphatic heterocycles. The maximum absolute atomic E-state index is 5.71. The van der Waals surface area contributed by atoms with Crippen LogP contribution in [0.5, 0.6) is 0 Å². The van der Waals surface area contributed by atoms with Gasteiger partial charge in [-0.15, -0.1) is 0 Å². The second kappa shape index (κ2) is 3.79. The lowest BCUT2D eigenvalue weighted by Crippen LogP contribution is -2.23. The van der Waals surface area contributed by atoms with Gasteiger partial charge in [0.25, 0.3) is 0 Å². The lowest BCUT2D eigenvalue weighted by molar-refractivity contribution is 0.319. The zero-order chi connectivity index (χ0) is 10.0. The van der Waals surface area contributed by atoms with Crippen molar-refractivity contribution in [3.05, 3.63) is 11.9 Å². The minimum absolute atomic E-state index is 0.368. The highest BCUT2D eigenvalue weighted by molar-refractivity contribution is 5.39. The smallest absolute Gasteiger partial charge is 0.0730 e. The molecule has 1 heterocycles. The molecule has 0 saturated heterocycles. The molecular formula is C9H18N4. The molecule has 4 heteroatoms. The predicted molar refractivity (Wildman–Crippen MR) is 54.6 cm³/mol. The van der Waals surface area contributed by atoms with Crippen LogP contribution in [0.1, 0.15) is 18.7 Å². The van der Waals surface area contributed by atoms with Gasteiger partial charge in [0.15, 0.2) is 0 Å². The Labute approximate surface area is 79.3 Å². The number of nitrogens with two attached hydrogens (primary N) is 1. The number of aromatic nitrogens is 2. The molecule has 1 aromatic heterocycles. The van der Waals surface area contributed by atoms with Gasteiger partial charge in [-0.3, -0.25) is 4.68 Å². The number of nitrogens with zero attached hydrogens (tertiary/aromatic N) is 3. The second-order valence-electron chi connectivity index (χ2n) is 3.74. The summed E-state index contributed by atoms with van der Waals surface area (Å²) in [6, 6.07) is 0.368. The van der Waals surface area contributed by atoms with E-state index in [1.807, 2.05) is 11.6 Å². The first-order chi connectivity index (χ1) is 6.02. The molecule has 1 atom stereocenters. The van der Waals surface area contributed by atoms with Crippen LogP contribution in [0.15, 0.2) is 6.20 Å². The van der Waals surface area contributed by atoms with E-state index in [2.05, 4.69) is 31.0 Å². The molecule has 0 spiro atoms. The standard InChI is InChI=1S/C9H18N4/c1-7(6-12(3)4)13-8(2)9(10)5-11-13/h5,7H,6,10H2,1-4H3. The molecule has 74 valence electrons. The third-order valence-electron chi connectivity index (χ3n) is 2.13. The molecule has 0 fully saturated rings. The van der Waals surface area contributed by atoms with Gasteiger partial charge in [0.1, 0.15) is 0 Å². The Balaban J connectivity index is 2.76. The van der Waals surface area contributed by atoms with Crippen LogP contribution >= 0.6 is 0 Å². The normalized spacial score (nSPS) is 13.6. The van der Waals surface area contributed by atoms with Gasteiger partial charge in [-0.05, 0) is 27.9 Å². The van der Waals surface area contributed by atoms with Crippen molar-refractivity contribution in [2.24, 2.45) is 0 Å². The van der Waals surface area contributed by atoms with Gasteiger partial charge in [0, 0.05) is 6.54 Å². The third-order valence-corrected chi connectivity index (χ3v) is 2.13. The highest BCUT2D eigenvalue weighted by Gasteiger charge is 2.10. The van der Waals surface area contributed by atoms with E-state index >= 15 is 0 Å². The Morgan fingerprint density at radius 1 is 1.62 bits per heavy atom. The summed E-state index contributed by atoms with van der Waals surface area (Å²) in [5, 5.41) is 4.23. The van der Waals surface area contributed by atoms with Crippen molar-refractivity contribution in [2.75, 3.05) is 26.4 Å². The Kier molecular flexibility index (Phi) is 2.93. The van der Waals surface area contributed by atoms with Gasteiger partial charge in [0.2, 0.25) is 0 Å². The fourth-order valence-corrected chi connectivity index (χ4v) is 1.49. The summed E-state index contributed by atoms with van der Waals surface area (Å²) < 4.78 is 1.97. The number of nitrogen functional groups attached to an aromatic ring is 1. The molecule has 1 rings (SSSR count). The first-order valence-electron chi connectivity index (χ1n) is 4.46. The van der Waals surface area contributed by atoms with Crippen LogP contribution in [0.2, 0.25) is 0 Å². The van der Waals surface area contributed by atoms with Crippen LogP contribution in [-0.4, -0.2) is 35.3 Å². The van der Waals surface area contributed by atoms with Crippen LogP contribution in [-0.2, 0) is 0 Å². The summed E-state index contributed by atoms with van der Waals surface area (Å²) in [5.74, 6) is 0. The van der Waals surface area contributed by atoms with Crippen molar-refractivity contribution in [3.8, 4) is 0 Å². The Hall–Kier alpha value is -1.03. The predicted octanol–water partition coefficient (Wildman–Crippen LogP) is 0.896. The van der Waals surface area contributed by atoms with Gasteiger partial charge in [-0.25, -0.2) is 0 Å². The van der Waals surface area contributed by atoms with Crippen LogP contribution in [0.4, 0.5) is 5.69 Å². The molecule has 0 bridgehead atoms. The molecular weight excluding hydrogens is 164 g/mol. The Bertz CT molecular complexity index is 277. The maximum Gasteiger partial charge on any atom is 0.0730 e. The van der Waals surface area contributed by atoms with Crippen LogP contribution in [0, 0.1) is 6.92 Å². The minimum Gasteiger partial charge on any atom is -0.396 e.